The molecule has 0 spiro atoms. The molecule has 3 aromatic rings. The van der Waals surface area contributed by atoms with E-state index in [4.69, 9.17) is 0 Å². The topological polar surface area (TPSA) is 24.0 Å². The van der Waals surface area contributed by atoms with Crippen LogP contribution >= 0.6 is 15.9 Å². The zero-order chi connectivity index (χ0) is 17.5. The van der Waals surface area contributed by atoms with Gasteiger partial charge in [-0.25, -0.2) is 0 Å². The second-order valence-corrected chi connectivity index (χ2v) is 8.83. The van der Waals surface area contributed by atoms with Gasteiger partial charge in [-0.15, -0.1) is 0 Å². The monoisotopic (exact) mass is 411 g/mol. The zero-order valence-corrected chi connectivity index (χ0v) is 16.8. The SMILES string of the molecule is Brc1ccc2[nH]c3c(c2c1)CCCC3n1ccc(CN2CCCCC2)c1. The van der Waals surface area contributed by atoms with Crippen LogP contribution in [0.3, 0.4) is 0 Å². The van der Waals surface area contributed by atoms with Crippen molar-refractivity contribution in [1.29, 1.82) is 0 Å². The molecule has 0 amide bonds. The van der Waals surface area contributed by atoms with Crippen LogP contribution in [0.15, 0.2) is 41.1 Å². The van der Waals surface area contributed by atoms with Crippen molar-refractivity contribution in [3.8, 4) is 0 Å². The summed E-state index contributed by atoms with van der Waals surface area (Å²) in [6, 6.07) is 9.37. The largest absolute Gasteiger partial charge is 0.356 e. The Morgan fingerprint density at radius 1 is 1.08 bits per heavy atom. The first kappa shape index (κ1) is 16.6. The summed E-state index contributed by atoms with van der Waals surface area (Å²) in [6.45, 7) is 3.62. The van der Waals surface area contributed by atoms with Crippen molar-refractivity contribution in [2.45, 2.75) is 51.1 Å². The maximum absolute atomic E-state index is 3.73. The van der Waals surface area contributed by atoms with Gasteiger partial charge in [0.15, 0.2) is 0 Å². The Balaban J connectivity index is 1.44. The summed E-state index contributed by atoms with van der Waals surface area (Å²) in [5, 5.41) is 1.39. The summed E-state index contributed by atoms with van der Waals surface area (Å²) in [4.78, 5) is 6.34. The summed E-state index contributed by atoms with van der Waals surface area (Å²) in [6.07, 6.45) is 12.5. The molecule has 1 aliphatic carbocycles. The van der Waals surface area contributed by atoms with Gasteiger partial charge in [-0.3, -0.25) is 4.90 Å². The highest BCUT2D eigenvalue weighted by Crippen LogP contribution is 2.38. The summed E-state index contributed by atoms with van der Waals surface area (Å²) in [5.74, 6) is 0. The van der Waals surface area contributed by atoms with Gasteiger partial charge < -0.3 is 9.55 Å². The Kier molecular flexibility index (Phi) is 4.41. The highest BCUT2D eigenvalue weighted by Gasteiger charge is 2.25. The van der Waals surface area contributed by atoms with Crippen LogP contribution in [-0.2, 0) is 13.0 Å². The second kappa shape index (κ2) is 6.90. The fourth-order valence-corrected chi connectivity index (χ4v) is 5.19. The maximum Gasteiger partial charge on any atom is 0.0732 e. The van der Waals surface area contributed by atoms with E-state index in [1.54, 1.807) is 0 Å². The van der Waals surface area contributed by atoms with Crippen molar-refractivity contribution >= 4 is 26.8 Å². The highest BCUT2D eigenvalue weighted by atomic mass is 79.9. The number of piperidine rings is 1. The summed E-state index contributed by atoms with van der Waals surface area (Å²) in [7, 11) is 0. The lowest BCUT2D eigenvalue weighted by molar-refractivity contribution is 0.221. The minimum Gasteiger partial charge on any atom is -0.356 e. The minimum absolute atomic E-state index is 0.444. The lowest BCUT2D eigenvalue weighted by Gasteiger charge is -2.26. The lowest BCUT2D eigenvalue weighted by Crippen LogP contribution is -2.28. The van der Waals surface area contributed by atoms with Crippen LogP contribution in [0.25, 0.3) is 10.9 Å². The van der Waals surface area contributed by atoms with Gasteiger partial charge in [0.05, 0.1) is 6.04 Å². The van der Waals surface area contributed by atoms with Crippen LogP contribution < -0.4 is 0 Å². The first-order chi connectivity index (χ1) is 12.8. The molecule has 5 rings (SSSR count). The third kappa shape index (κ3) is 3.03. The molecule has 1 aliphatic heterocycles. The smallest absolute Gasteiger partial charge is 0.0732 e. The van der Waals surface area contributed by atoms with E-state index >= 15 is 0 Å². The number of aryl methyl sites for hydroxylation is 1. The number of H-pyrrole nitrogens is 1. The van der Waals surface area contributed by atoms with E-state index < -0.39 is 0 Å². The van der Waals surface area contributed by atoms with Gasteiger partial charge in [0.25, 0.3) is 0 Å². The maximum atomic E-state index is 3.73. The van der Waals surface area contributed by atoms with Gasteiger partial charge in [0.1, 0.15) is 0 Å². The molecule has 26 heavy (non-hydrogen) atoms. The van der Waals surface area contributed by atoms with Gasteiger partial charge in [0.2, 0.25) is 0 Å². The Labute approximate surface area is 163 Å². The normalized spacial score (nSPS) is 21.2. The van der Waals surface area contributed by atoms with Crippen molar-refractivity contribution in [3.63, 3.8) is 0 Å². The van der Waals surface area contributed by atoms with Crippen molar-refractivity contribution in [1.82, 2.24) is 14.5 Å². The highest BCUT2D eigenvalue weighted by molar-refractivity contribution is 9.10. The number of benzene rings is 1. The Morgan fingerprint density at radius 3 is 2.85 bits per heavy atom. The number of halogens is 1. The first-order valence-corrected chi connectivity index (χ1v) is 10.8. The average Bonchev–Trinajstić information content (AvgIpc) is 3.27. The Bertz CT molecular complexity index is 917. The van der Waals surface area contributed by atoms with Crippen LogP contribution in [0.1, 0.15) is 55.0 Å². The zero-order valence-electron chi connectivity index (χ0n) is 15.2. The summed E-state index contributed by atoms with van der Waals surface area (Å²) >= 11 is 3.63. The number of nitrogens with zero attached hydrogens (tertiary/aromatic N) is 2. The predicted octanol–water partition coefficient (Wildman–Crippen LogP) is 5.64. The molecule has 1 saturated heterocycles. The summed E-state index contributed by atoms with van der Waals surface area (Å²) < 4.78 is 3.61. The number of hydrogen-bond acceptors (Lipinski definition) is 1. The summed E-state index contributed by atoms with van der Waals surface area (Å²) in [5.41, 5.74) is 5.66. The van der Waals surface area contributed by atoms with Crippen molar-refractivity contribution in [3.05, 3.63) is 58.0 Å². The number of fused-ring (bicyclic) bond motifs is 3. The third-order valence-corrected chi connectivity index (χ3v) is 6.62. The van der Waals surface area contributed by atoms with E-state index in [1.165, 1.54) is 83.8 Å². The fraction of sp³-hybridized carbons (Fsp3) is 0.455. The minimum atomic E-state index is 0.444. The van der Waals surface area contributed by atoms with Gasteiger partial charge in [0, 0.05) is 40.0 Å². The molecule has 136 valence electrons. The van der Waals surface area contributed by atoms with Crippen molar-refractivity contribution < 1.29 is 0 Å². The molecule has 0 saturated carbocycles. The molecule has 1 fully saturated rings. The van der Waals surface area contributed by atoms with Gasteiger partial charge in [-0.05, 0) is 80.6 Å². The van der Waals surface area contributed by atoms with E-state index in [1.807, 2.05) is 0 Å². The van der Waals surface area contributed by atoms with Crippen LogP contribution in [0.4, 0.5) is 0 Å². The number of rotatable bonds is 3. The van der Waals surface area contributed by atoms with E-state index in [-0.39, 0.29) is 0 Å². The number of nitrogens with one attached hydrogen (secondary N) is 1. The molecule has 3 nitrogen and oxygen atoms in total. The number of aromatic nitrogens is 2. The molecule has 0 bridgehead atoms. The van der Waals surface area contributed by atoms with Gasteiger partial charge in [-0.1, -0.05) is 22.4 Å². The van der Waals surface area contributed by atoms with Crippen LogP contribution in [-0.4, -0.2) is 27.5 Å². The van der Waals surface area contributed by atoms with Crippen molar-refractivity contribution in [2.24, 2.45) is 0 Å². The Morgan fingerprint density at radius 2 is 1.96 bits per heavy atom. The van der Waals surface area contributed by atoms with E-state index in [0.29, 0.717) is 6.04 Å². The molecule has 0 radical (unpaired) electrons. The lowest BCUT2D eigenvalue weighted by atomic mass is 9.91. The molecule has 3 heterocycles. The van der Waals surface area contributed by atoms with Gasteiger partial charge in [-0.2, -0.15) is 0 Å². The van der Waals surface area contributed by atoms with Crippen LogP contribution in [0.2, 0.25) is 0 Å². The molecule has 2 aromatic heterocycles. The van der Waals surface area contributed by atoms with Crippen molar-refractivity contribution in [2.75, 3.05) is 13.1 Å². The van der Waals surface area contributed by atoms with Crippen LogP contribution in [0, 0.1) is 0 Å². The van der Waals surface area contributed by atoms with Crippen LogP contribution in [0.5, 0.6) is 0 Å². The molecule has 4 heteroatoms. The second-order valence-electron chi connectivity index (χ2n) is 7.92. The predicted molar refractivity (Wildman–Crippen MR) is 111 cm³/mol. The van der Waals surface area contributed by atoms with E-state index in [2.05, 4.69) is 67.0 Å². The quantitative estimate of drug-likeness (QED) is 0.591. The fourth-order valence-electron chi connectivity index (χ4n) is 4.83. The Hall–Kier alpha value is -1.52. The molecule has 1 aromatic carbocycles. The molecule has 1 atom stereocenters. The third-order valence-electron chi connectivity index (χ3n) is 6.13. The standard InChI is InChI=1S/C22H26BrN3/c23-17-7-8-20-19(13-17)18-5-4-6-21(22(18)24-20)26-12-9-16(15-26)14-25-10-2-1-3-11-25/h7-9,12-13,15,21,24H,1-6,10-11,14H2. The van der Waals surface area contributed by atoms with E-state index in [9.17, 15) is 0 Å². The van der Waals surface area contributed by atoms with Gasteiger partial charge >= 0.3 is 0 Å². The molecule has 1 unspecified atom stereocenters. The number of hydrogen-bond donors (Lipinski definition) is 1. The molecular formula is C22H26BrN3. The molecular weight excluding hydrogens is 386 g/mol. The van der Waals surface area contributed by atoms with E-state index in [0.717, 1.165) is 6.54 Å². The molecule has 2 aliphatic rings. The first-order valence-electron chi connectivity index (χ1n) is 9.97. The number of likely N-dealkylation sites (tertiary alicyclic amines) is 1. The molecule has 1 N–H and O–H groups in total. The number of aromatic amines is 1. The average molecular weight is 412 g/mol.